The molecule has 0 unspecified atom stereocenters. The summed E-state index contributed by atoms with van der Waals surface area (Å²) in [5, 5.41) is 15.8. The molecular formula is C25H32N4O3. The molecule has 0 radical (unpaired) electrons. The van der Waals surface area contributed by atoms with Crippen LogP contribution in [-0.4, -0.2) is 65.5 Å². The maximum atomic E-state index is 12.5. The molecule has 0 aliphatic carbocycles. The molecule has 2 aromatic carbocycles. The number of hydrogen-bond acceptors (Lipinski definition) is 5. The van der Waals surface area contributed by atoms with E-state index in [2.05, 4.69) is 44.7 Å². The summed E-state index contributed by atoms with van der Waals surface area (Å²) >= 11 is 0. The van der Waals surface area contributed by atoms with Crippen LogP contribution < -0.4 is 10.6 Å². The zero-order valence-electron chi connectivity index (χ0n) is 18.4. The molecule has 2 saturated heterocycles. The van der Waals surface area contributed by atoms with E-state index in [4.69, 9.17) is 0 Å². The maximum absolute atomic E-state index is 12.5. The van der Waals surface area contributed by atoms with Crippen molar-refractivity contribution in [2.75, 3.05) is 38.0 Å². The van der Waals surface area contributed by atoms with E-state index in [1.165, 1.54) is 5.56 Å². The highest BCUT2D eigenvalue weighted by Crippen LogP contribution is 2.24. The number of phenols is 1. The average molecular weight is 437 g/mol. The zero-order chi connectivity index (χ0) is 22.3. The van der Waals surface area contributed by atoms with Crippen LogP contribution in [0.3, 0.4) is 0 Å². The Morgan fingerprint density at radius 1 is 0.906 bits per heavy atom. The Hall–Kier alpha value is -2.90. The topological polar surface area (TPSA) is 84.9 Å². The lowest BCUT2D eigenvalue weighted by Gasteiger charge is -2.31. The van der Waals surface area contributed by atoms with E-state index in [0.717, 1.165) is 39.1 Å². The van der Waals surface area contributed by atoms with Gasteiger partial charge in [-0.3, -0.25) is 19.4 Å². The fourth-order valence-corrected chi connectivity index (χ4v) is 4.58. The van der Waals surface area contributed by atoms with Crippen LogP contribution in [-0.2, 0) is 16.1 Å². The van der Waals surface area contributed by atoms with Crippen LogP contribution >= 0.6 is 0 Å². The minimum Gasteiger partial charge on any atom is -0.506 e. The van der Waals surface area contributed by atoms with Gasteiger partial charge in [0, 0.05) is 31.6 Å². The van der Waals surface area contributed by atoms with Gasteiger partial charge in [-0.2, -0.15) is 0 Å². The summed E-state index contributed by atoms with van der Waals surface area (Å²) in [5.41, 5.74) is 1.74. The second-order valence-electron chi connectivity index (χ2n) is 8.83. The summed E-state index contributed by atoms with van der Waals surface area (Å²) in [6, 6.07) is 17.4. The third-order valence-electron chi connectivity index (χ3n) is 6.37. The molecule has 2 amide bonds. The predicted molar refractivity (Wildman–Crippen MR) is 124 cm³/mol. The van der Waals surface area contributed by atoms with Crippen molar-refractivity contribution in [2.45, 2.75) is 31.8 Å². The number of phenolic OH excluding ortho intramolecular Hbond substituents is 1. The van der Waals surface area contributed by atoms with Gasteiger partial charge in [-0.05, 0) is 50.0 Å². The Labute approximate surface area is 189 Å². The van der Waals surface area contributed by atoms with Gasteiger partial charge in [0.1, 0.15) is 5.75 Å². The molecule has 32 heavy (non-hydrogen) atoms. The largest absolute Gasteiger partial charge is 0.506 e. The number of benzene rings is 2. The van der Waals surface area contributed by atoms with E-state index < -0.39 is 0 Å². The number of rotatable bonds is 7. The van der Waals surface area contributed by atoms with Gasteiger partial charge in [-0.1, -0.05) is 42.5 Å². The van der Waals surface area contributed by atoms with Crippen LogP contribution in [0.5, 0.6) is 5.75 Å². The van der Waals surface area contributed by atoms with Crippen LogP contribution in [0.4, 0.5) is 5.69 Å². The molecule has 0 saturated carbocycles. The van der Waals surface area contributed by atoms with E-state index in [-0.39, 0.29) is 29.5 Å². The molecule has 1 atom stereocenters. The van der Waals surface area contributed by atoms with Crippen molar-refractivity contribution < 1.29 is 14.7 Å². The van der Waals surface area contributed by atoms with Gasteiger partial charge in [0.2, 0.25) is 11.8 Å². The standard InChI is InChI=1S/C25H32N4O3/c30-23-9-5-4-8-22(23)27-25(32)20-10-13-28(14-11-20)18-24(31)26-21-12-15-29(17-21)16-19-6-2-1-3-7-19/h1-9,20-21,30H,10-18H2,(H,26,31)(H,27,32)/t21-/m1/s1. The van der Waals surface area contributed by atoms with Crippen molar-refractivity contribution in [1.29, 1.82) is 0 Å². The minimum atomic E-state index is -0.102. The van der Waals surface area contributed by atoms with Gasteiger partial charge in [0.15, 0.2) is 0 Å². The Morgan fingerprint density at radius 2 is 1.59 bits per heavy atom. The number of aromatic hydroxyl groups is 1. The Morgan fingerprint density at radius 3 is 2.34 bits per heavy atom. The number of para-hydroxylation sites is 2. The summed E-state index contributed by atoms with van der Waals surface area (Å²) in [6.45, 7) is 4.62. The van der Waals surface area contributed by atoms with Gasteiger partial charge in [-0.25, -0.2) is 0 Å². The molecule has 170 valence electrons. The number of nitrogens with zero attached hydrogens (tertiary/aromatic N) is 2. The van der Waals surface area contributed by atoms with Crippen LogP contribution in [0.15, 0.2) is 54.6 Å². The molecule has 0 bridgehead atoms. The Balaban J connectivity index is 1.16. The SMILES string of the molecule is O=C(CN1CCC(C(=O)Nc2ccccc2O)CC1)N[C@@H]1CCN(Cc2ccccc2)C1. The molecule has 2 aliphatic rings. The second-order valence-corrected chi connectivity index (χ2v) is 8.83. The normalized spacial score (nSPS) is 20.2. The minimum absolute atomic E-state index is 0.0636. The predicted octanol–water partition coefficient (Wildman–Crippen LogP) is 2.43. The van der Waals surface area contributed by atoms with E-state index >= 15 is 0 Å². The van der Waals surface area contributed by atoms with Crippen molar-refractivity contribution in [3.8, 4) is 5.75 Å². The van der Waals surface area contributed by atoms with Gasteiger partial charge >= 0.3 is 0 Å². The van der Waals surface area contributed by atoms with Crippen molar-refractivity contribution in [1.82, 2.24) is 15.1 Å². The molecule has 2 fully saturated rings. The fourth-order valence-electron chi connectivity index (χ4n) is 4.58. The monoisotopic (exact) mass is 436 g/mol. The first kappa shape index (κ1) is 22.3. The van der Waals surface area contributed by atoms with Gasteiger partial charge in [-0.15, -0.1) is 0 Å². The highest BCUT2D eigenvalue weighted by Gasteiger charge is 2.28. The molecule has 3 N–H and O–H groups in total. The highest BCUT2D eigenvalue weighted by molar-refractivity contribution is 5.93. The number of hydrogen-bond donors (Lipinski definition) is 3. The van der Waals surface area contributed by atoms with Gasteiger partial charge < -0.3 is 15.7 Å². The smallest absolute Gasteiger partial charge is 0.234 e. The van der Waals surface area contributed by atoms with Crippen molar-refractivity contribution in [3.05, 3.63) is 60.2 Å². The van der Waals surface area contributed by atoms with E-state index in [1.54, 1.807) is 24.3 Å². The van der Waals surface area contributed by atoms with E-state index in [0.29, 0.717) is 25.1 Å². The lowest BCUT2D eigenvalue weighted by atomic mass is 9.95. The summed E-state index contributed by atoms with van der Waals surface area (Å²) < 4.78 is 0. The van der Waals surface area contributed by atoms with Crippen molar-refractivity contribution >= 4 is 17.5 Å². The molecule has 0 aromatic heterocycles. The van der Waals surface area contributed by atoms with E-state index in [9.17, 15) is 14.7 Å². The fraction of sp³-hybridized carbons (Fsp3) is 0.440. The third-order valence-corrected chi connectivity index (χ3v) is 6.37. The third kappa shape index (κ3) is 6.08. The van der Waals surface area contributed by atoms with Gasteiger partial charge in [0.25, 0.3) is 0 Å². The van der Waals surface area contributed by atoms with Crippen LogP contribution in [0.2, 0.25) is 0 Å². The summed E-state index contributed by atoms with van der Waals surface area (Å²) in [5.74, 6) is -0.0340. The average Bonchev–Trinajstić information content (AvgIpc) is 3.23. The Kier molecular flexibility index (Phi) is 7.39. The molecule has 7 heteroatoms. The Bertz CT molecular complexity index is 912. The summed E-state index contributed by atoms with van der Waals surface area (Å²) in [6.07, 6.45) is 2.40. The lowest BCUT2D eigenvalue weighted by Crippen LogP contribution is -2.46. The molecule has 7 nitrogen and oxygen atoms in total. The number of carbonyl (C=O) groups is 2. The summed E-state index contributed by atoms with van der Waals surface area (Å²) in [7, 11) is 0. The lowest BCUT2D eigenvalue weighted by molar-refractivity contribution is -0.124. The number of amides is 2. The number of piperidine rings is 1. The maximum Gasteiger partial charge on any atom is 0.234 e. The van der Waals surface area contributed by atoms with E-state index in [1.807, 2.05) is 6.07 Å². The summed E-state index contributed by atoms with van der Waals surface area (Å²) in [4.78, 5) is 29.6. The quantitative estimate of drug-likeness (QED) is 0.581. The highest BCUT2D eigenvalue weighted by atomic mass is 16.3. The number of anilines is 1. The molecule has 0 spiro atoms. The number of carbonyl (C=O) groups excluding carboxylic acids is 2. The number of likely N-dealkylation sites (tertiary alicyclic amines) is 2. The van der Waals surface area contributed by atoms with Crippen LogP contribution in [0.1, 0.15) is 24.8 Å². The first-order valence-electron chi connectivity index (χ1n) is 11.4. The number of nitrogens with one attached hydrogen (secondary N) is 2. The molecule has 2 heterocycles. The molecule has 4 rings (SSSR count). The van der Waals surface area contributed by atoms with Crippen LogP contribution in [0.25, 0.3) is 0 Å². The zero-order valence-corrected chi connectivity index (χ0v) is 18.4. The van der Waals surface area contributed by atoms with Crippen molar-refractivity contribution in [3.63, 3.8) is 0 Å². The molecular weight excluding hydrogens is 404 g/mol. The first-order chi connectivity index (χ1) is 15.6. The first-order valence-corrected chi connectivity index (χ1v) is 11.4. The van der Waals surface area contributed by atoms with Gasteiger partial charge in [0.05, 0.1) is 12.2 Å². The van der Waals surface area contributed by atoms with Crippen LogP contribution in [0, 0.1) is 5.92 Å². The second kappa shape index (κ2) is 10.6. The molecule has 2 aliphatic heterocycles. The van der Waals surface area contributed by atoms with Crippen molar-refractivity contribution in [2.24, 2.45) is 5.92 Å². The molecule has 2 aromatic rings.